The number of allylic oxidation sites excluding steroid dienone is 1. The van der Waals surface area contributed by atoms with Gasteiger partial charge in [0.2, 0.25) is 5.91 Å². The molecule has 1 aliphatic heterocycles. The summed E-state index contributed by atoms with van der Waals surface area (Å²) in [5.41, 5.74) is 0. The molecule has 0 bridgehead atoms. The van der Waals surface area contributed by atoms with Crippen molar-refractivity contribution >= 4 is 5.91 Å². The van der Waals surface area contributed by atoms with E-state index in [-0.39, 0.29) is 11.9 Å². The Bertz CT molecular complexity index is 300. The Balaban J connectivity index is 1.56. The largest absolute Gasteiger partial charge is 0.355 e. The predicted molar refractivity (Wildman–Crippen MR) is 58.3 cm³/mol. The molecule has 0 aromatic carbocycles. The van der Waals surface area contributed by atoms with E-state index in [4.69, 9.17) is 0 Å². The first-order chi connectivity index (χ1) is 7.34. The van der Waals surface area contributed by atoms with Gasteiger partial charge < -0.3 is 10.6 Å². The third-order valence-electron chi connectivity index (χ3n) is 4.06. The molecule has 1 saturated heterocycles. The van der Waals surface area contributed by atoms with Gasteiger partial charge in [0.1, 0.15) is 0 Å². The lowest BCUT2D eigenvalue weighted by molar-refractivity contribution is -0.125. The molecule has 82 valence electrons. The topological polar surface area (TPSA) is 41.1 Å². The van der Waals surface area contributed by atoms with Crippen LogP contribution >= 0.6 is 0 Å². The highest BCUT2D eigenvalue weighted by molar-refractivity contribution is 5.82. The summed E-state index contributed by atoms with van der Waals surface area (Å²) in [6.45, 7) is 0.855. The molecule has 0 aromatic heterocycles. The summed E-state index contributed by atoms with van der Waals surface area (Å²) in [5, 5.41) is 6.44. The molecule has 0 radical (unpaired) electrons. The van der Waals surface area contributed by atoms with Crippen LogP contribution in [0.4, 0.5) is 0 Å². The maximum atomic E-state index is 11.6. The van der Waals surface area contributed by atoms with Crippen molar-refractivity contribution in [1.82, 2.24) is 10.6 Å². The van der Waals surface area contributed by atoms with Gasteiger partial charge in [-0.15, -0.1) is 0 Å². The third kappa shape index (κ3) is 1.59. The van der Waals surface area contributed by atoms with E-state index in [1.807, 2.05) is 0 Å². The second-order valence-electron chi connectivity index (χ2n) is 5.00. The molecule has 3 nitrogen and oxygen atoms in total. The minimum atomic E-state index is 0.0682. The Morgan fingerprint density at radius 1 is 1.47 bits per heavy atom. The molecule has 4 atom stereocenters. The maximum Gasteiger partial charge on any atom is 0.237 e. The summed E-state index contributed by atoms with van der Waals surface area (Å²) in [5.74, 6) is 1.78. The van der Waals surface area contributed by atoms with Gasteiger partial charge >= 0.3 is 0 Å². The summed E-state index contributed by atoms with van der Waals surface area (Å²) < 4.78 is 0. The number of hydrogen-bond donors (Lipinski definition) is 2. The van der Waals surface area contributed by atoms with Crippen LogP contribution < -0.4 is 10.6 Å². The lowest BCUT2D eigenvalue weighted by Gasteiger charge is -2.43. The molecule has 0 aromatic rings. The molecule has 2 aliphatic carbocycles. The van der Waals surface area contributed by atoms with Gasteiger partial charge in [0.05, 0.1) is 6.04 Å². The second-order valence-corrected chi connectivity index (χ2v) is 5.00. The number of fused-ring (bicyclic) bond motifs is 1. The first-order valence-corrected chi connectivity index (χ1v) is 6.05. The van der Waals surface area contributed by atoms with E-state index >= 15 is 0 Å². The first-order valence-electron chi connectivity index (χ1n) is 6.05. The van der Waals surface area contributed by atoms with Crippen molar-refractivity contribution in [3.8, 4) is 0 Å². The van der Waals surface area contributed by atoms with E-state index in [0.717, 1.165) is 25.3 Å². The zero-order valence-electron chi connectivity index (χ0n) is 8.91. The van der Waals surface area contributed by atoms with E-state index in [0.29, 0.717) is 12.0 Å². The lowest BCUT2D eigenvalue weighted by atomic mass is 9.71. The summed E-state index contributed by atoms with van der Waals surface area (Å²) >= 11 is 0. The minimum Gasteiger partial charge on any atom is -0.355 e. The third-order valence-corrected chi connectivity index (χ3v) is 4.06. The summed E-state index contributed by atoms with van der Waals surface area (Å²) in [4.78, 5) is 11.6. The number of carbonyl (C=O) groups is 1. The molecule has 1 amide bonds. The van der Waals surface area contributed by atoms with E-state index in [9.17, 15) is 4.79 Å². The quantitative estimate of drug-likeness (QED) is 0.657. The van der Waals surface area contributed by atoms with Gasteiger partial charge in [0.15, 0.2) is 0 Å². The molecule has 1 heterocycles. The van der Waals surface area contributed by atoms with Gasteiger partial charge in [0, 0.05) is 12.6 Å². The molecule has 2 fully saturated rings. The number of carbonyl (C=O) groups excluding carboxylic acids is 1. The van der Waals surface area contributed by atoms with Gasteiger partial charge in [-0.05, 0) is 37.5 Å². The van der Waals surface area contributed by atoms with Crippen molar-refractivity contribution in [1.29, 1.82) is 0 Å². The van der Waals surface area contributed by atoms with Crippen LogP contribution in [-0.2, 0) is 4.79 Å². The van der Waals surface area contributed by atoms with E-state index in [2.05, 4.69) is 22.8 Å². The van der Waals surface area contributed by atoms with Crippen LogP contribution in [-0.4, -0.2) is 24.5 Å². The molecule has 3 heteroatoms. The van der Waals surface area contributed by atoms with Gasteiger partial charge in [-0.1, -0.05) is 12.2 Å². The molecule has 2 N–H and O–H groups in total. The zero-order chi connectivity index (χ0) is 10.3. The Morgan fingerprint density at radius 3 is 3.20 bits per heavy atom. The SMILES string of the molecule is O=C1NCCCC1NC1CC2CC=CC21. The van der Waals surface area contributed by atoms with Gasteiger partial charge in [-0.2, -0.15) is 0 Å². The van der Waals surface area contributed by atoms with Crippen molar-refractivity contribution in [2.24, 2.45) is 11.8 Å². The highest BCUT2D eigenvalue weighted by atomic mass is 16.2. The van der Waals surface area contributed by atoms with E-state index < -0.39 is 0 Å². The second kappa shape index (κ2) is 3.63. The molecule has 0 spiro atoms. The first kappa shape index (κ1) is 9.40. The number of piperidine rings is 1. The zero-order valence-corrected chi connectivity index (χ0v) is 8.91. The van der Waals surface area contributed by atoms with Crippen LogP contribution in [0.5, 0.6) is 0 Å². The standard InChI is InChI=1S/C12H18N2O/c15-12-10(5-2-6-13-12)14-11-7-8-3-1-4-9(8)11/h1,4,8-11,14H,2-3,5-7H2,(H,13,15). The monoisotopic (exact) mass is 206 g/mol. The Kier molecular flexibility index (Phi) is 2.28. The summed E-state index contributed by atoms with van der Waals surface area (Å²) in [7, 11) is 0. The molecule has 1 saturated carbocycles. The van der Waals surface area contributed by atoms with Crippen molar-refractivity contribution < 1.29 is 4.79 Å². The maximum absolute atomic E-state index is 11.6. The molecule has 3 aliphatic rings. The lowest BCUT2D eigenvalue weighted by Crippen LogP contribution is -2.57. The highest BCUT2D eigenvalue weighted by Crippen LogP contribution is 2.42. The average molecular weight is 206 g/mol. The predicted octanol–water partition coefficient (Wildman–Crippen LogP) is 0.819. The Hall–Kier alpha value is -0.830. The van der Waals surface area contributed by atoms with Gasteiger partial charge in [-0.25, -0.2) is 0 Å². The van der Waals surface area contributed by atoms with Crippen LogP contribution in [0.3, 0.4) is 0 Å². The number of rotatable bonds is 2. The van der Waals surface area contributed by atoms with Crippen LogP contribution in [0, 0.1) is 11.8 Å². The van der Waals surface area contributed by atoms with Crippen molar-refractivity contribution in [3.05, 3.63) is 12.2 Å². The molecular formula is C12H18N2O. The number of amides is 1. The molecular weight excluding hydrogens is 188 g/mol. The van der Waals surface area contributed by atoms with E-state index in [1.54, 1.807) is 0 Å². The summed E-state index contributed by atoms with van der Waals surface area (Å²) in [6.07, 6.45) is 9.23. The number of hydrogen-bond acceptors (Lipinski definition) is 2. The van der Waals surface area contributed by atoms with Crippen LogP contribution in [0.1, 0.15) is 25.7 Å². The molecule has 15 heavy (non-hydrogen) atoms. The fourth-order valence-corrected chi connectivity index (χ4v) is 3.10. The highest BCUT2D eigenvalue weighted by Gasteiger charge is 2.42. The van der Waals surface area contributed by atoms with Gasteiger partial charge in [0.25, 0.3) is 0 Å². The van der Waals surface area contributed by atoms with E-state index in [1.165, 1.54) is 12.8 Å². The van der Waals surface area contributed by atoms with Crippen molar-refractivity contribution in [3.63, 3.8) is 0 Å². The fraction of sp³-hybridized carbons (Fsp3) is 0.750. The summed E-state index contributed by atoms with van der Waals surface area (Å²) in [6, 6.07) is 0.626. The fourth-order valence-electron chi connectivity index (χ4n) is 3.10. The smallest absolute Gasteiger partial charge is 0.237 e. The van der Waals surface area contributed by atoms with Crippen LogP contribution in [0.15, 0.2) is 12.2 Å². The Labute approximate surface area is 90.3 Å². The Morgan fingerprint density at radius 2 is 2.40 bits per heavy atom. The average Bonchev–Trinajstić information content (AvgIpc) is 2.59. The molecule has 4 unspecified atom stereocenters. The van der Waals surface area contributed by atoms with Crippen LogP contribution in [0.25, 0.3) is 0 Å². The minimum absolute atomic E-state index is 0.0682. The van der Waals surface area contributed by atoms with Crippen molar-refractivity contribution in [2.45, 2.75) is 37.8 Å². The normalized spacial score (nSPS) is 43.3. The van der Waals surface area contributed by atoms with Crippen molar-refractivity contribution in [2.75, 3.05) is 6.54 Å². The molecule has 3 rings (SSSR count). The number of nitrogens with one attached hydrogen (secondary N) is 2. The van der Waals surface area contributed by atoms with Crippen LogP contribution in [0.2, 0.25) is 0 Å². The van der Waals surface area contributed by atoms with Gasteiger partial charge in [-0.3, -0.25) is 4.79 Å².